The molecule has 2 heteroatoms. The third-order valence-electron chi connectivity index (χ3n) is 4.32. The Hall–Kier alpha value is -2.32. The molecule has 3 aromatic rings. The summed E-state index contributed by atoms with van der Waals surface area (Å²) in [6.45, 7) is 2.12. The van der Waals surface area contributed by atoms with Crippen LogP contribution in [0.2, 0.25) is 0 Å². The predicted molar refractivity (Wildman–Crippen MR) is 103 cm³/mol. The van der Waals surface area contributed by atoms with E-state index in [9.17, 15) is 0 Å². The second-order valence-corrected chi connectivity index (χ2v) is 7.36. The topological polar surface area (TPSA) is 12.4 Å². The highest BCUT2D eigenvalue weighted by Crippen LogP contribution is 2.45. The highest BCUT2D eigenvalue weighted by atomic mass is 32.2. The van der Waals surface area contributed by atoms with Crippen molar-refractivity contribution in [1.29, 1.82) is 0 Å². The van der Waals surface area contributed by atoms with Gasteiger partial charge in [-0.05, 0) is 30.2 Å². The highest BCUT2D eigenvalue weighted by Gasteiger charge is 2.22. The maximum atomic E-state index is 5.01. The lowest BCUT2D eigenvalue weighted by molar-refractivity contribution is 1.01. The van der Waals surface area contributed by atoms with Crippen LogP contribution in [0, 0.1) is 6.92 Å². The molecule has 0 fully saturated rings. The molecule has 0 radical (unpaired) electrons. The first-order valence-electron chi connectivity index (χ1n) is 8.25. The van der Waals surface area contributed by atoms with Gasteiger partial charge in [-0.1, -0.05) is 72.3 Å². The number of hydrogen-bond donors (Lipinski definition) is 0. The van der Waals surface area contributed by atoms with E-state index in [-0.39, 0.29) is 0 Å². The maximum absolute atomic E-state index is 5.01. The number of para-hydroxylation sites is 1. The fourth-order valence-corrected chi connectivity index (χ4v) is 4.23. The fourth-order valence-electron chi connectivity index (χ4n) is 2.99. The Kier molecular flexibility index (Phi) is 4.22. The molecule has 24 heavy (non-hydrogen) atoms. The van der Waals surface area contributed by atoms with Crippen LogP contribution in [0.3, 0.4) is 0 Å². The van der Waals surface area contributed by atoms with Gasteiger partial charge in [0.15, 0.2) is 0 Å². The van der Waals surface area contributed by atoms with Crippen LogP contribution in [0.1, 0.15) is 28.4 Å². The molecule has 0 saturated carbocycles. The van der Waals surface area contributed by atoms with Crippen molar-refractivity contribution in [2.24, 2.45) is 4.99 Å². The Morgan fingerprint density at radius 1 is 0.833 bits per heavy atom. The van der Waals surface area contributed by atoms with Crippen molar-refractivity contribution in [1.82, 2.24) is 0 Å². The Morgan fingerprint density at radius 2 is 1.54 bits per heavy atom. The van der Waals surface area contributed by atoms with Gasteiger partial charge >= 0.3 is 0 Å². The second kappa shape index (κ2) is 6.66. The number of benzene rings is 3. The molecule has 0 aliphatic carbocycles. The minimum Gasteiger partial charge on any atom is -0.252 e. The van der Waals surface area contributed by atoms with Gasteiger partial charge in [-0.2, -0.15) is 0 Å². The van der Waals surface area contributed by atoms with Gasteiger partial charge in [-0.3, -0.25) is 4.99 Å². The molecular weight excluding hydrogens is 310 g/mol. The minimum absolute atomic E-state index is 0.384. The standard InChI is InChI=1S/C22H19NS/c1-16-11-13-17(14-12-16)20-15-22(18-7-3-2-4-8-18)24-21-10-6-5-9-19(21)23-20/h2-14,22H,15H2,1H3/t22-/m1/s1. The van der Waals surface area contributed by atoms with E-state index >= 15 is 0 Å². The van der Waals surface area contributed by atoms with Crippen LogP contribution in [0.5, 0.6) is 0 Å². The molecule has 1 heterocycles. The van der Waals surface area contributed by atoms with Crippen LogP contribution in [0.15, 0.2) is 88.8 Å². The van der Waals surface area contributed by atoms with Crippen LogP contribution in [-0.4, -0.2) is 5.71 Å². The predicted octanol–water partition coefficient (Wildman–Crippen LogP) is 6.35. The summed E-state index contributed by atoms with van der Waals surface area (Å²) >= 11 is 1.92. The molecular formula is C22H19NS. The molecule has 118 valence electrons. The van der Waals surface area contributed by atoms with E-state index < -0.39 is 0 Å². The summed E-state index contributed by atoms with van der Waals surface area (Å²) in [6.07, 6.45) is 0.937. The van der Waals surface area contributed by atoms with Gasteiger partial charge in [0.05, 0.1) is 5.69 Å². The number of aryl methyl sites for hydroxylation is 1. The van der Waals surface area contributed by atoms with E-state index in [1.807, 2.05) is 11.8 Å². The number of hydrogen-bond acceptors (Lipinski definition) is 2. The van der Waals surface area contributed by atoms with Crippen molar-refractivity contribution in [3.63, 3.8) is 0 Å². The van der Waals surface area contributed by atoms with Crippen molar-refractivity contribution in [3.05, 3.63) is 95.6 Å². The lowest BCUT2D eigenvalue weighted by atomic mass is 10.0. The second-order valence-electron chi connectivity index (χ2n) is 6.11. The van der Waals surface area contributed by atoms with Crippen molar-refractivity contribution in [2.75, 3.05) is 0 Å². The van der Waals surface area contributed by atoms with E-state index in [2.05, 4.69) is 85.8 Å². The first kappa shape index (κ1) is 15.2. The van der Waals surface area contributed by atoms with Crippen LogP contribution in [0.4, 0.5) is 5.69 Å². The lowest BCUT2D eigenvalue weighted by Gasteiger charge is -2.16. The van der Waals surface area contributed by atoms with E-state index in [1.54, 1.807) is 0 Å². The van der Waals surface area contributed by atoms with Crippen molar-refractivity contribution in [3.8, 4) is 0 Å². The lowest BCUT2D eigenvalue weighted by Crippen LogP contribution is -2.05. The molecule has 0 saturated heterocycles. The summed E-state index contributed by atoms with van der Waals surface area (Å²) in [5.74, 6) is 0. The van der Waals surface area contributed by atoms with Crippen LogP contribution >= 0.6 is 11.8 Å². The van der Waals surface area contributed by atoms with Crippen molar-refractivity contribution < 1.29 is 0 Å². The number of fused-ring (bicyclic) bond motifs is 1. The Labute approximate surface area is 147 Å². The summed E-state index contributed by atoms with van der Waals surface area (Å²) in [5.41, 5.74) is 6.11. The third-order valence-corrected chi connectivity index (χ3v) is 5.65. The fraction of sp³-hybridized carbons (Fsp3) is 0.136. The Balaban J connectivity index is 1.80. The molecule has 1 aliphatic heterocycles. The molecule has 0 unspecified atom stereocenters. The summed E-state index contributed by atoms with van der Waals surface area (Å²) in [6, 6.07) is 27.9. The Morgan fingerprint density at radius 3 is 2.33 bits per heavy atom. The van der Waals surface area contributed by atoms with Gasteiger partial charge in [-0.25, -0.2) is 0 Å². The zero-order valence-electron chi connectivity index (χ0n) is 13.6. The summed E-state index contributed by atoms with van der Waals surface area (Å²) in [7, 11) is 0. The Bertz CT molecular complexity index is 866. The van der Waals surface area contributed by atoms with E-state index in [1.165, 1.54) is 27.3 Å². The molecule has 0 N–H and O–H groups in total. The average molecular weight is 329 g/mol. The molecule has 3 aromatic carbocycles. The third kappa shape index (κ3) is 3.15. The van der Waals surface area contributed by atoms with Crippen LogP contribution in [0.25, 0.3) is 0 Å². The van der Waals surface area contributed by atoms with E-state index in [0.717, 1.165) is 12.1 Å². The molecule has 0 spiro atoms. The summed E-state index contributed by atoms with van der Waals surface area (Å²) in [5, 5.41) is 0.384. The zero-order valence-corrected chi connectivity index (χ0v) is 14.5. The van der Waals surface area contributed by atoms with Gasteiger partial charge in [0.25, 0.3) is 0 Å². The SMILES string of the molecule is Cc1ccc(C2=Nc3ccccc3S[C@@H](c3ccccc3)C2)cc1. The molecule has 0 amide bonds. The first-order valence-corrected chi connectivity index (χ1v) is 9.13. The molecule has 0 bridgehead atoms. The van der Waals surface area contributed by atoms with Gasteiger partial charge in [0.1, 0.15) is 0 Å². The van der Waals surface area contributed by atoms with Gasteiger partial charge in [0.2, 0.25) is 0 Å². The molecule has 1 nitrogen and oxygen atoms in total. The maximum Gasteiger partial charge on any atom is 0.0769 e. The number of nitrogens with zero attached hydrogens (tertiary/aromatic N) is 1. The van der Waals surface area contributed by atoms with Crippen LogP contribution in [-0.2, 0) is 0 Å². The number of thioether (sulfide) groups is 1. The number of aliphatic imine (C=N–C) groups is 1. The largest absolute Gasteiger partial charge is 0.252 e. The quantitative estimate of drug-likeness (QED) is 0.533. The minimum atomic E-state index is 0.384. The van der Waals surface area contributed by atoms with Gasteiger partial charge in [-0.15, -0.1) is 11.8 Å². The number of rotatable bonds is 2. The van der Waals surface area contributed by atoms with E-state index in [4.69, 9.17) is 4.99 Å². The average Bonchev–Trinajstić information content (AvgIpc) is 2.83. The van der Waals surface area contributed by atoms with Gasteiger partial charge < -0.3 is 0 Å². The van der Waals surface area contributed by atoms with Gasteiger partial charge in [0, 0.05) is 22.3 Å². The highest BCUT2D eigenvalue weighted by molar-refractivity contribution is 7.99. The van der Waals surface area contributed by atoms with E-state index in [0.29, 0.717) is 5.25 Å². The molecule has 0 aromatic heterocycles. The molecule has 4 rings (SSSR count). The summed E-state index contributed by atoms with van der Waals surface area (Å²) < 4.78 is 0. The molecule has 1 atom stereocenters. The first-order chi connectivity index (χ1) is 11.8. The van der Waals surface area contributed by atoms with Crippen molar-refractivity contribution in [2.45, 2.75) is 23.5 Å². The normalized spacial score (nSPS) is 16.9. The zero-order chi connectivity index (χ0) is 16.4. The summed E-state index contributed by atoms with van der Waals surface area (Å²) in [4.78, 5) is 6.27. The molecule has 1 aliphatic rings. The smallest absolute Gasteiger partial charge is 0.0769 e. The van der Waals surface area contributed by atoms with Crippen molar-refractivity contribution >= 4 is 23.2 Å². The van der Waals surface area contributed by atoms with Crippen LogP contribution < -0.4 is 0 Å². The monoisotopic (exact) mass is 329 g/mol.